The number of hydrogen-bond acceptors (Lipinski definition) is 9. The SMILES string of the molecule is CCCCN(CC(=O)N[C@H](C(=O)N(C)[C@H](C[C@@H](OC)c1nc(C(=O)N[C@@H](Cc2ccccc2)C[C@H](C)C(=O)O)cs1)C(C)C)[C@@H](C)CC)C(=O)OC(C)(C)C. The smallest absolute Gasteiger partial charge is 0.410 e. The Labute approximate surface area is 331 Å². The Balaban J connectivity index is 2.24. The molecule has 0 saturated carbocycles. The molecule has 1 heterocycles. The Hall–Kier alpha value is -4.04. The third-order valence-electron chi connectivity index (χ3n) is 9.67. The largest absolute Gasteiger partial charge is 0.481 e. The minimum Gasteiger partial charge on any atom is -0.481 e. The molecule has 2 rings (SSSR count). The topological polar surface area (TPSA) is 167 Å². The van der Waals surface area contributed by atoms with E-state index in [0.717, 1.165) is 12.0 Å². The monoisotopic (exact) mass is 787 g/mol. The molecule has 0 fully saturated rings. The molecule has 4 amide bonds. The van der Waals surface area contributed by atoms with Gasteiger partial charge in [0.1, 0.15) is 35.0 Å². The first-order valence-corrected chi connectivity index (χ1v) is 20.3. The summed E-state index contributed by atoms with van der Waals surface area (Å²) in [6.07, 6.45) is 2.15. The number of nitrogens with zero attached hydrogens (tertiary/aromatic N) is 3. The van der Waals surface area contributed by atoms with Crippen LogP contribution in [0.1, 0.15) is 122 Å². The standard InChI is InChI=1S/C41H65N5O8S/c1-12-14-20-46(40(52)54-41(7,8)9)24-34(47)44-35(27(5)13-2)38(49)45(10)32(26(3)4)23-33(53-11)37-43-31(25-55-37)36(48)42-30(21-28(6)39(50)51)22-29-18-16-15-17-19-29/h15-19,25-28,30,32-33,35H,12-14,20-24H2,1-11H3,(H,42,48)(H,44,47)(H,50,51)/t27-,28-,30+,32+,33+,35-/m0/s1. The van der Waals surface area contributed by atoms with Gasteiger partial charge in [0.15, 0.2) is 0 Å². The summed E-state index contributed by atoms with van der Waals surface area (Å²) in [5.74, 6) is -2.89. The van der Waals surface area contributed by atoms with Crippen LogP contribution in [-0.2, 0) is 30.3 Å². The molecule has 0 bridgehead atoms. The number of nitrogens with one attached hydrogen (secondary N) is 2. The van der Waals surface area contributed by atoms with Crippen molar-refractivity contribution >= 4 is 41.1 Å². The molecule has 1 aromatic heterocycles. The van der Waals surface area contributed by atoms with E-state index >= 15 is 0 Å². The quantitative estimate of drug-likeness (QED) is 0.117. The van der Waals surface area contributed by atoms with E-state index in [1.54, 1.807) is 52.1 Å². The number of aromatic nitrogens is 1. The highest BCUT2D eigenvalue weighted by Gasteiger charge is 2.35. The average molecular weight is 788 g/mol. The predicted octanol–water partition coefficient (Wildman–Crippen LogP) is 6.72. The van der Waals surface area contributed by atoms with Crippen molar-refractivity contribution in [3.63, 3.8) is 0 Å². The minimum atomic E-state index is -0.931. The van der Waals surface area contributed by atoms with Crippen molar-refractivity contribution in [2.45, 2.75) is 131 Å². The molecule has 0 radical (unpaired) electrons. The van der Waals surface area contributed by atoms with Crippen LogP contribution in [0.25, 0.3) is 0 Å². The summed E-state index contributed by atoms with van der Waals surface area (Å²) in [5.41, 5.74) is 0.460. The van der Waals surface area contributed by atoms with E-state index in [2.05, 4.69) is 15.6 Å². The number of ether oxygens (including phenoxy) is 2. The lowest BCUT2D eigenvalue weighted by Gasteiger charge is -2.37. The number of aliphatic carboxylic acids is 1. The molecule has 55 heavy (non-hydrogen) atoms. The molecule has 0 aliphatic heterocycles. The molecule has 6 atom stereocenters. The number of carbonyl (C=O) groups excluding carboxylic acids is 4. The highest BCUT2D eigenvalue weighted by atomic mass is 32.1. The molecule has 0 spiro atoms. The second-order valence-corrected chi connectivity index (χ2v) is 16.7. The van der Waals surface area contributed by atoms with Crippen LogP contribution >= 0.6 is 11.3 Å². The number of carboxylic acid groups (broad SMARTS) is 1. The molecule has 3 N–H and O–H groups in total. The zero-order valence-electron chi connectivity index (χ0n) is 34.7. The number of unbranched alkanes of at least 4 members (excludes halogenated alkanes) is 1. The summed E-state index contributed by atoms with van der Waals surface area (Å²) in [4.78, 5) is 73.4. The normalized spacial score (nSPS) is 14.9. The molecule has 0 aliphatic carbocycles. The van der Waals surface area contributed by atoms with Gasteiger partial charge in [-0.25, -0.2) is 9.78 Å². The van der Waals surface area contributed by atoms with Gasteiger partial charge in [-0.3, -0.25) is 24.1 Å². The van der Waals surface area contributed by atoms with Gasteiger partial charge in [-0.15, -0.1) is 11.3 Å². The van der Waals surface area contributed by atoms with Crippen molar-refractivity contribution in [2.24, 2.45) is 17.8 Å². The first-order chi connectivity index (χ1) is 25.8. The van der Waals surface area contributed by atoms with Gasteiger partial charge in [0.2, 0.25) is 11.8 Å². The Bertz CT molecular complexity index is 1530. The maximum atomic E-state index is 14.2. The molecule has 13 nitrogen and oxygen atoms in total. The fourth-order valence-electron chi connectivity index (χ4n) is 6.18. The number of carboxylic acids is 1. The third-order valence-corrected chi connectivity index (χ3v) is 10.6. The molecule has 308 valence electrons. The van der Waals surface area contributed by atoms with E-state index < -0.39 is 53.6 Å². The van der Waals surface area contributed by atoms with Gasteiger partial charge in [0, 0.05) is 44.6 Å². The molecule has 2 aromatic rings. The van der Waals surface area contributed by atoms with E-state index in [1.807, 2.05) is 65.0 Å². The van der Waals surface area contributed by atoms with Gasteiger partial charge in [0.25, 0.3) is 5.91 Å². The van der Waals surface area contributed by atoms with Gasteiger partial charge in [-0.1, -0.05) is 84.7 Å². The molecule has 0 unspecified atom stereocenters. The van der Waals surface area contributed by atoms with Crippen LogP contribution in [0.15, 0.2) is 35.7 Å². The van der Waals surface area contributed by atoms with Gasteiger partial charge in [-0.05, 0) is 57.4 Å². The van der Waals surface area contributed by atoms with Crippen molar-refractivity contribution in [1.82, 2.24) is 25.4 Å². The third kappa shape index (κ3) is 15.6. The van der Waals surface area contributed by atoms with E-state index in [1.165, 1.54) is 16.2 Å². The minimum absolute atomic E-state index is 0.00529. The summed E-state index contributed by atoms with van der Waals surface area (Å²) < 4.78 is 11.4. The highest BCUT2D eigenvalue weighted by Crippen LogP contribution is 2.30. The van der Waals surface area contributed by atoms with Crippen LogP contribution in [-0.4, -0.2) is 101 Å². The van der Waals surface area contributed by atoms with E-state index in [-0.39, 0.29) is 42.4 Å². The van der Waals surface area contributed by atoms with Gasteiger partial charge < -0.3 is 30.1 Å². The Morgan fingerprint density at radius 3 is 2.18 bits per heavy atom. The highest BCUT2D eigenvalue weighted by molar-refractivity contribution is 7.09. The van der Waals surface area contributed by atoms with Crippen molar-refractivity contribution in [2.75, 3.05) is 27.2 Å². The average Bonchev–Trinajstić information content (AvgIpc) is 3.61. The van der Waals surface area contributed by atoms with Crippen molar-refractivity contribution in [3.8, 4) is 0 Å². The number of methoxy groups -OCH3 is 1. The lowest BCUT2D eigenvalue weighted by molar-refractivity contribution is -0.141. The zero-order chi connectivity index (χ0) is 41.5. The lowest BCUT2D eigenvalue weighted by Crippen LogP contribution is -2.56. The second-order valence-electron chi connectivity index (χ2n) is 15.8. The van der Waals surface area contributed by atoms with Crippen LogP contribution < -0.4 is 10.6 Å². The number of rotatable bonds is 22. The van der Waals surface area contributed by atoms with E-state index in [4.69, 9.17) is 9.47 Å². The molecule has 14 heteroatoms. The van der Waals surface area contributed by atoms with Crippen molar-refractivity contribution in [1.29, 1.82) is 0 Å². The molecular weight excluding hydrogens is 723 g/mol. The van der Waals surface area contributed by atoms with Crippen LogP contribution in [0.5, 0.6) is 0 Å². The summed E-state index contributed by atoms with van der Waals surface area (Å²) in [7, 11) is 3.28. The number of likely N-dealkylation sites (N-methyl/N-ethyl adjacent to an activating group) is 1. The second kappa shape index (κ2) is 22.5. The predicted molar refractivity (Wildman–Crippen MR) is 215 cm³/mol. The Kier molecular flexibility index (Phi) is 19.3. The van der Waals surface area contributed by atoms with Crippen LogP contribution in [0.4, 0.5) is 4.79 Å². The molecular formula is C41H65N5O8S. The number of amides is 4. The number of hydrogen-bond donors (Lipinski definition) is 3. The summed E-state index contributed by atoms with van der Waals surface area (Å²) in [6, 6.07) is 8.00. The van der Waals surface area contributed by atoms with Crippen LogP contribution in [0.2, 0.25) is 0 Å². The maximum absolute atomic E-state index is 14.2. The van der Waals surface area contributed by atoms with Gasteiger partial charge in [0.05, 0.1) is 5.92 Å². The first-order valence-electron chi connectivity index (χ1n) is 19.4. The first kappa shape index (κ1) is 47.1. The Morgan fingerprint density at radius 2 is 1.64 bits per heavy atom. The van der Waals surface area contributed by atoms with Crippen molar-refractivity contribution < 1.29 is 38.6 Å². The fraction of sp³-hybridized carbons (Fsp3) is 0.659. The van der Waals surface area contributed by atoms with Crippen LogP contribution in [0, 0.1) is 17.8 Å². The van der Waals surface area contributed by atoms with Gasteiger partial charge >= 0.3 is 12.1 Å². The van der Waals surface area contributed by atoms with Crippen molar-refractivity contribution in [3.05, 3.63) is 52.0 Å². The van der Waals surface area contributed by atoms with E-state index in [9.17, 15) is 29.1 Å². The van der Waals surface area contributed by atoms with E-state index in [0.29, 0.717) is 37.2 Å². The Morgan fingerprint density at radius 1 is 0.982 bits per heavy atom. The number of thiazole rings is 1. The molecule has 1 aromatic carbocycles. The zero-order valence-corrected chi connectivity index (χ0v) is 35.5. The maximum Gasteiger partial charge on any atom is 0.410 e. The number of benzene rings is 1. The summed E-state index contributed by atoms with van der Waals surface area (Å²) in [5, 5.41) is 17.7. The lowest BCUT2D eigenvalue weighted by atomic mass is 9.93. The van der Waals surface area contributed by atoms with Gasteiger partial charge in [-0.2, -0.15) is 0 Å². The fourth-order valence-corrected chi connectivity index (χ4v) is 7.07. The molecule has 0 saturated heterocycles. The summed E-state index contributed by atoms with van der Waals surface area (Å²) >= 11 is 1.28. The number of carbonyl (C=O) groups is 5. The molecule has 0 aliphatic rings. The summed E-state index contributed by atoms with van der Waals surface area (Å²) in [6.45, 7) is 17.0. The van der Waals surface area contributed by atoms with Crippen LogP contribution in [0.3, 0.4) is 0 Å².